The van der Waals surface area contributed by atoms with Crippen molar-refractivity contribution >= 4 is 17.3 Å². The van der Waals surface area contributed by atoms with E-state index in [9.17, 15) is 0 Å². The Kier molecular flexibility index (Phi) is 6.87. The van der Waals surface area contributed by atoms with E-state index in [0.29, 0.717) is 0 Å². The molecule has 5 rings (SSSR count). The quantitative estimate of drug-likeness (QED) is 0.193. The van der Waals surface area contributed by atoms with Gasteiger partial charge in [-0.25, -0.2) is 0 Å². The van der Waals surface area contributed by atoms with Crippen molar-refractivity contribution in [3.63, 3.8) is 0 Å². The van der Waals surface area contributed by atoms with Gasteiger partial charge >= 0.3 is 20.4 Å². The minimum absolute atomic E-state index is 0. The SMILES string of the molecule is [Pd+2].[c-]1ccccc1-c1cccc(N(c2ccccc2)c2cccc(-c3[c-]cccc3)n2)n1. The summed E-state index contributed by atoms with van der Waals surface area (Å²) in [6.45, 7) is 0. The normalized spacial score (nSPS) is 10.2. The summed E-state index contributed by atoms with van der Waals surface area (Å²) < 4.78 is 0. The van der Waals surface area contributed by atoms with Crippen molar-refractivity contribution in [1.29, 1.82) is 0 Å². The number of anilines is 3. The smallest absolute Gasteiger partial charge is 0.280 e. The summed E-state index contributed by atoms with van der Waals surface area (Å²) in [5.41, 5.74) is 4.64. The second-order valence-corrected chi connectivity index (χ2v) is 6.99. The molecule has 2 aromatic heterocycles. The molecule has 0 aliphatic heterocycles. The van der Waals surface area contributed by atoms with Gasteiger partial charge in [-0.15, -0.1) is 71.8 Å². The molecule has 0 fully saturated rings. The van der Waals surface area contributed by atoms with Gasteiger partial charge in [-0.05, 0) is 35.7 Å². The fraction of sp³-hybridized carbons (Fsp3) is 0. The third-order valence-corrected chi connectivity index (χ3v) is 4.91. The van der Waals surface area contributed by atoms with Gasteiger partial charge in [0.2, 0.25) is 0 Å². The van der Waals surface area contributed by atoms with Crippen LogP contribution >= 0.6 is 0 Å². The zero-order valence-electron chi connectivity index (χ0n) is 17.1. The third-order valence-electron chi connectivity index (χ3n) is 4.91. The Hall–Kier alpha value is -3.58. The van der Waals surface area contributed by atoms with Crippen LogP contribution in [0.15, 0.2) is 115 Å². The molecule has 32 heavy (non-hydrogen) atoms. The Bertz CT molecular complexity index is 1190. The molecule has 5 aromatic rings. The van der Waals surface area contributed by atoms with Gasteiger partial charge in [-0.2, -0.15) is 0 Å². The van der Waals surface area contributed by atoms with E-state index in [1.165, 1.54) is 0 Å². The van der Waals surface area contributed by atoms with Crippen LogP contribution in [0.4, 0.5) is 17.3 Å². The molecule has 3 aromatic carbocycles. The molecule has 0 saturated heterocycles. The summed E-state index contributed by atoms with van der Waals surface area (Å²) in [4.78, 5) is 12.0. The second-order valence-electron chi connectivity index (χ2n) is 6.99. The molecule has 0 bridgehead atoms. The van der Waals surface area contributed by atoms with Gasteiger partial charge < -0.3 is 0 Å². The number of pyridine rings is 2. The van der Waals surface area contributed by atoms with E-state index in [2.05, 4.69) is 29.2 Å². The van der Waals surface area contributed by atoms with Crippen molar-refractivity contribution < 1.29 is 20.4 Å². The number of nitrogens with zero attached hydrogens (tertiary/aromatic N) is 3. The molecule has 156 valence electrons. The maximum atomic E-state index is 4.95. The van der Waals surface area contributed by atoms with E-state index in [1.54, 1.807) is 0 Å². The summed E-state index contributed by atoms with van der Waals surface area (Å²) in [5, 5.41) is 0. The summed E-state index contributed by atoms with van der Waals surface area (Å²) in [6, 6.07) is 44.5. The maximum absolute atomic E-state index is 4.95. The van der Waals surface area contributed by atoms with E-state index in [1.807, 2.05) is 103 Å². The van der Waals surface area contributed by atoms with Crippen molar-refractivity contribution in [2.24, 2.45) is 0 Å². The predicted octanol–water partition coefficient (Wildman–Crippen LogP) is 6.88. The first-order valence-corrected chi connectivity index (χ1v) is 10.1. The average Bonchev–Trinajstić information content (AvgIpc) is 2.86. The zero-order valence-corrected chi connectivity index (χ0v) is 18.7. The number of aromatic nitrogens is 2. The van der Waals surface area contributed by atoms with E-state index in [-0.39, 0.29) is 20.4 Å². The molecule has 0 N–H and O–H groups in total. The van der Waals surface area contributed by atoms with Crippen LogP contribution in [0.1, 0.15) is 0 Å². The summed E-state index contributed by atoms with van der Waals surface area (Å²) in [7, 11) is 0. The Morgan fingerprint density at radius 2 is 1.00 bits per heavy atom. The van der Waals surface area contributed by atoms with Crippen LogP contribution in [-0.2, 0) is 20.4 Å². The molecule has 0 aliphatic carbocycles. The largest absolute Gasteiger partial charge is 2.00 e. The van der Waals surface area contributed by atoms with Gasteiger partial charge in [0.1, 0.15) is 11.6 Å². The molecular weight excluding hydrogens is 485 g/mol. The van der Waals surface area contributed by atoms with Crippen molar-refractivity contribution in [3.05, 3.63) is 127 Å². The average molecular weight is 504 g/mol. The molecular formula is C28H19N3Pd. The van der Waals surface area contributed by atoms with Gasteiger partial charge in [-0.1, -0.05) is 42.5 Å². The van der Waals surface area contributed by atoms with Crippen LogP contribution in [0.5, 0.6) is 0 Å². The van der Waals surface area contributed by atoms with E-state index < -0.39 is 0 Å². The summed E-state index contributed by atoms with van der Waals surface area (Å²) >= 11 is 0. The topological polar surface area (TPSA) is 29.0 Å². The van der Waals surface area contributed by atoms with Gasteiger partial charge in [0.05, 0.1) is 0 Å². The number of benzene rings is 3. The van der Waals surface area contributed by atoms with E-state index in [0.717, 1.165) is 39.8 Å². The molecule has 0 spiro atoms. The molecule has 0 amide bonds. The molecule has 0 atom stereocenters. The number of rotatable bonds is 5. The second kappa shape index (κ2) is 10.2. The van der Waals surface area contributed by atoms with Crippen LogP contribution in [0.3, 0.4) is 0 Å². The Labute approximate surface area is 202 Å². The molecule has 4 heteroatoms. The zero-order chi connectivity index (χ0) is 20.9. The summed E-state index contributed by atoms with van der Waals surface area (Å²) in [5.74, 6) is 1.59. The monoisotopic (exact) mass is 503 g/mol. The molecule has 0 aliphatic rings. The van der Waals surface area contributed by atoms with Gasteiger partial charge in [0.25, 0.3) is 0 Å². The first kappa shape index (κ1) is 21.6. The van der Waals surface area contributed by atoms with Crippen LogP contribution < -0.4 is 4.90 Å². The van der Waals surface area contributed by atoms with Crippen molar-refractivity contribution in [1.82, 2.24) is 9.97 Å². The van der Waals surface area contributed by atoms with Crippen LogP contribution in [0.25, 0.3) is 22.5 Å². The van der Waals surface area contributed by atoms with Gasteiger partial charge in [-0.3, -0.25) is 14.9 Å². The van der Waals surface area contributed by atoms with Crippen LogP contribution in [-0.4, -0.2) is 9.97 Å². The van der Waals surface area contributed by atoms with Crippen LogP contribution in [0.2, 0.25) is 0 Å². The molecule has 3 nitrogen and oxygen atoms in total. The fourth-order valence-electron chi connectivity index (χ4n) is 3.46. The Balaban J connectivity index is 0.00000245. The predicted molar refractivity (Wildman–Crippen MR) is 125 cm³/mol. The number of para-hydroxylation sites is 1. The van der Waals surface area contributed by atoms with Crippen molar-refractivity contribution in [2.45, 2.75) is 0 Å². The minimum atomic E-state index is 0. The first-order valence-electron chi connectivity index (χ1n) is 10.1. The maximum Gasteiger partial charge on any atom is 2.00 e. The molecule has 0 radical (unpaired) electrons. The third kappa shape index (κ3) is 4.68. The van der Waals surface area contributed by atoms with E-state index >= 15 is 0 Å². The van der Waals surface area contributed by atoms with Gasteiger partial charge in [0, 0.05) is 5.69 Å². The fourth-order valence-corrected chi connectivity index (χ4v) is 3.46. The Morgan fingerprint density at radius 3 is 1.47 bits per heavy atom. The van der Waals surface area contributed by atoms with Crippen LogP contribution in [0, 0.1) is 12.1 Å². The number of hydrogen-bond donors (Lipinski definition) is 0. The standard InChI is InChI=1S/C28H19N3.Pd/c1-4-12-22(13-5-1)25-18-10-20-27(29-25)31(24-16-8-3-9-17-24)28-21-11-19-26(30-28)23-14-6-2-7-15-23;/h1-12,14,16-21H;/q-2;+2. The van der Waals surface area contributed by atoms with Crippen molar-refractivity contribution in [2.75, 3.05) is 4.90 Å². The van der Waals surface area contributed by atoms with Gasteiger partial charge in [0.15, 0.2) is 0 Å². The first-order chi connectivity index (χ1) is 15.4. The summed E-state index contributed by atoms with van der Waals surface area (Å²) in [6.07, 6.45) is 0. The van der Waals surface area contributed by atoms with Crippen molar-refractivity contribution in [3.8, 4) is 22.5 Å². The minimum Gasteiger partial charge on any atom is -0.280 e. The van der Waals surface area contributed by atoms with E-state index in [4.69, 9.17) is 9.97 Å². The number of hydrogen-bond acceptors (Lipinski definition) is 3. The Morgan fingerprint density at radius 1 is 0.500 bits per heavy atom. The molecule has 2 heterocycles. The molecule has 0 unspecified atom stereocenters. The molecule has 0 saturated carbocycles.